The summed E-state index contributed by atoms with van der Waals surface area (Å²) in [5.41, 5.74) is 0.910. The topological polar surface area (TPSA) is 78.7 Å². The second-order valence-corrected chi connectivity index (χ2v) is 3.38. The smallest absolute Gasteiger partial charge is 0.292 e. The van der Waals surface area contributed by atoms with Crippen molar-refractivity contribution in [3.8, 4) is 11.5 Å². The monoisotopic (exact) mass is 223 g/mol. The van der Waals surface area contributed by atoms with Gasteiger partial charge in [-0.15, -0.1) is 0 Å². The molecule has 1 aromatic rings. The molecule has 1 aliphatic rings. The fourth-order valence-corrected chi connectivity index (χ4v) is 1.68. The van der Waals surface area contributed by atoms with Gasteiger partial charge in [0.2, 0.25) is 6.79 Å². The molecule has 0 fully saturated rings. The highest BCUT2D eigenvalue weighted by atomic mass is 16.7. The number of hydrogen-bond donors (Lipinski definition) is 0. The van der Waals surface area contributed by atoms with Crippen molar-refractivity contribution >= 4 is 6.29 Å². The Morgan fingerprint density at radius 3 is 2.88 bits per heavy atom. The Morgan fingerprint density at radius 1 is 1.50 bits per heavy atom. The van der Waals surface area contributed by atoms with E-state index in [1.807, 2.05) is 0 Å². The van der Waals surface area contributed by atoms with E-state index in [0.29, 0.717) is 28.9 Å². The fraction of sp³-hybridized carbons (Fsp3) is 0.300. The molecular weight excluding hydrogens is 214 g/mol. The highest BCUT2D eigenvalue weighted by Crippen LogP contribution is 2.38. The second kappa shape index (κ2) is 3.80. The molecule has 0 radical (unpaired) electrons. The highest BCUT2D eigenvalue weighted by molar-refractivity contribution is 5.64. The van der Waals surface area contributed by atoms with E-state index in [2.05, 4.69) is 0 Å². The van der Waals surface area contributed by atoms with E-state index in [1.165, 1.54) is 6.07 Å². The molecule has 1 atom stereocenters. The first-order valence-corrected chi connectivity index (χ1v) is 4.63. The summed E-state index contributed by atoms with van der Waals surface area (Å²) in [7, 11) is 0. The van der Waals surface area contributed by atoms with Crippen molar-refractivity contribution in [2.24, 2.45) is 0 Å². The minimum absolute atomic E-state index is 0.101. The van der Waals surface area contributed by atoms with Crippen molar-refractivity contribution in [1.29, 1.82) is 0 Å². The number of carbonyl (C=O) groups excluding carboxylic acids is 1. The Labute approximate surface area is 90.9 Å². The molecule has 0 bridgehead atoms. The Balaban J connectivity index is 2.50. The number of rotatable bonds is 3. The SMILES string of the molecule is Cc1c(C(C=O)[N+](=O)[O-])ccc2c1OCO2. The second-order valence-electron chi connectivity index (χ2n) is 3.38. The van der Waals surface area contributed by atoms with Gasteiger partial charge < -0.3 is 9.47 Å². The summed E-state index contributed by atoms with van der Waals surface area (Å²) in [6.45, 7) is 1.77. The van der Waals surface area contributed by atoms with Crippen molar-refractivity contribution in [2.45, 2.75) is 13.0 Å². The maximum atomic E-state index is 10.7. The van der Waals surface area contributed by atoms with Gasteiger partial charge in [-0.1, -0.05) is 0 Å². The Kier molecular flexibility index (Phi) is 2.47. The molecule has 2 rings (SSSR count). The van der Waals surface area contributed by atoms with E-state index < -0.39 is 11.0 Å². The number of nitro groups is 1. The molecule has 6 nitrogen and oxygen atoms in total. The van der Waals surface area contributed by atoms with Gasteiger partial charge in [0.15, 0.2) is 17.8 Å². The maximum absolute atomic E-state index is 10.7. The van der Waals surface area contributed by atoms with Crippen LogP contribution < -0.4 is 9.47 Å². The first-order chi connectivity index (χ1) is 7.65. The molecule has 0 aliphatic carbocycles. The van der Waals surface area contributed by atoms with E-state index in [-0.39, 0.29) is 6.79 Å². The average molecular weight is 223 g/mol. The van der Waals surface area contributed by atoms with Gasteiger partial charge in [-0.25, -0.2) is 0 Å². The lowest BCUT2D eigenvalue weighted by atomic mass is 10.0. The molecular formula is C10H9NO5. The van der Waals surface area contributed by atoms with E-state index in [9.17, 15) is 14.9 Å². The van der Waals surface area contributed by atoms with Gasteiger partial charge in [0, 0.05) is 16.1 Å². The third-order valence-corrected chi connectivity index (χ3v) is 2.50. The number of nitrogens with zero attached hydrogens (tertiary/aromatic N) is 1. The van der Waals surface area contributed by atoms with Gasteiger partial charge in [0.25, 0.3) is 6.04 Å². The largest absolute Gasteiger partial charge is 0.454 e. The zero-order valence-electron chi connectivity index (χ0n) is 8.50. The van der Waals surface area contributed by atoms with Crippen molar-refractivity contribution in [2.75, 3.05) is 6.79 Å². The molecule has 1 aromatic carbocycles. The minimum atomic E-state index is -1.35. The zero-order valence-corrected chi connectivity index (χ0v) is 8.50. The van der Waals surface area contributed by atoms with Crippen molar-refractivity contribution < 1.29 is 19.2 Å². The zero-order chi connectivity index (χ0) is 11.7. The number of hydrogen-bond acceptors (Lipinski definition) is 5. The molecule has 1 heterocycles. The van der Waals surface area contributed by atoms with Gasteiger partial charge in [-0.05, 0) is 19.1 Å². The first kappa shape index (κ1) is 10.4. The fourth-order valence-electron chi connectivity index (χ4n) is 1.68. The Bertz CT molecular complexity index is 457. The predicted molar refractivity (Wildman–Crippen MR) is 53.1 cm³/mol. The lowest BCUT2D eigenvalue weighted by Crippen LogP contribution is -2.13. The molecule has 84 valence electrons. The first-order valence-electron chi connectivity index (χ1n) is 4.63. The van der Waals surface area contributed by atoms with Crippen LogP contribution in [0.5, 0.6) is 11.5 Å². The summed E-state index contributed by atoms with van der Waals surface area (Å²) >= 11 is 0. The third kappa shape index (κ3) is 1.48. The van der Waals surface area contributed by atoms with Crippen LogP contribution in [0, 0.1) is 17.0 Å². The van der Waals surface area contributed by atoms with Crippen LogP contribution in [0.3, 0.4) is 0 Å². The summed E-state index contributed by atoms with van der Waals surface area (Å²) in [5, 5.41) is 10.7. The molecule has 1 unspecified atom stereocenters. The molecule has 6 heteroatoms. The number of carbonyl (C=O) groups is 1. The van der Waals surface area contributed by atoms with Gasteiger partial charge in [-0.3, -0.25) is 14.9 Å². The van der Waals surface area contributed by atoms with E-state index in [0.717, 1.165) is 0 Å². The molecule has 0 saturated carbocycles. The van der Waals surface area contributed by atoms with Crippen LogP contribution in [0.4, 0.5) is 0 Å². The Hall–Kier alpha value is -2.11. The molecule has 0 aromatic heterocycles. The third-order valence-electron chi connectivity index (χ3n) is 2.50. The number of aldehydes is 1. The van der Waals surface area contributed by atoms with E-state index >= 15 is 0 Å². The minimum Gasteiger partial charge on any atom is -0.454 e. The van der Waals surface area contributed by atoms with Crippen LogP contribution >= 0.6 is 0 Å². The molecule has 0 amide bonds. The normalized spacial score (nSPS) is 14.6. The predicted octanol–water partition coefficient (Wildman–Crippen LogP) is 1.24. The van der Waals surface area contributed by atoms with Crippen LogP contribution in [-0.4, -0.2) is 18.0 Å². The van der Waals surface area contributed by atoms with Crippen LogP contribution in [0.15, 0.2) is 12.1 Å². The maximum Gasteiger partial charge on any atom is 0.292 e. The van der Waals surface area contributed by atoms with E-state index in [1.54, 1.807) is 13.0 Å². The van der Waals surface area contributed by atoms with Crippen molar-refractivity contribution in [1.82, 2.24) is 0 Å². The molecule has 0 N–H and O–H groups in total. The van der Waals surface area contributed by atoms with Crippen LogP contribution in [-0.2, 0) is 4.79 Å². The number of ether oxygens (including phenoxy) is 2. The van der Waals surface area contributed by atoms with Gasteiger partial charge in [-0.2, -0.15) is 0 Å². The van der Waals surface area contributed by atoms with Crippen molar-refractivity contribution in [3.05, 3.63) is 33.4 Å². The van der Waals surface area contributed by atoms with Gasteiger partial charge in [0.05, 0.1) is 0 Å². The standard InChI is InChI=1S/C10H9NO5/c1-6-7(8(4-12)11(13)14)2-3-9-10(6)16-5-15-9/h2-4,8H,5H2,1H3. The Morgan fingerprint density at radius 2 is 2.25 bits per heavy atom. The molecule has 1 aliphatic heterocycles. The average Bonchev–Trinajstić information content (AvgIpc) is 2.70. The van der Waals surface area contributed by atoms with Crippen LogP contribution in [0.25, 0.3) is 0 Å². The molecule has 0 saturated heterocycles. The molecule has 0 spiro atoms. The summed E-state index contributed by atoms with van der Waals surface area (Å²) in [4.78, 5) is 20.7. The van der Waals surface area contributed by atoms with Crippen LogP contribution in [0.1, 0.15) is 17.2 Å². The van der Waals surface area contributed by atoms with E-state index in [4.69, 9.17) is 9.47 Å². The van der Waals surface area contributed by atoms with Crippen molar-refractivity contribution in [3.63, 3.8) is 0 Å². The van der Waals surface area contributed by atoms with Crippen LogP contribution in [0.2, 0.25) is 0 Å². The molecule has 16 heavy (non-hydrogen) atoms. The number of fused-ring (bicyclic) bond motifs is 1. The summed E-state index contributed by atoms with van der Waals surface area (Å²) < 4.78 is 10.3. The lowest BCUT2D eigenvalue weighted by Gasteiger charge is -2.08. The lowest BCUT2D eigenvalue weighted by molar-refractivity contribution is -0.511. The van der Waals surface area contributed by atoms with Gasteiger partial charge in [0.1, 0.15) is 0 Å². The number of benzene rings is 1. The quantitative estimate of drug-likeness (QED) is 0.437. The van der Waals surface area contributed by atoms with Gasteiger partial charge >= 0.3 is 0 Å². The summed E-state index contributed by atoms with van der Waals surface area (Å²) in [6.07, 6.45) is 0.310. The summed E-state index contributed by atoms with van der Waals surface area (Å²) in [5.74, 6) is 1.03. The summed E-state index contributed by atoms with van der Waals surface area (Å²) in [6, 6.07) is 1.74. The highest BCUT2D eigenvalue weighted by Gasteiger charge is 2.28.